The lowest BCUT2D eigenvalue weighted by atomic mass is 9.72. The molecule has 0 N–H and O–H groups in total. The number of rotatable bonds is 3. The second kappa shape index (κ2) is 5.12. The van der Waals surface area contributed by atoms with Crippen LogP contribution in [0.3, 0.4) is 0 Å². The van der Waals surface area contributed by atoms with Crippen LogP contribution in [0.4, 0.5) is 0 Å². The average Bonchev–Trinajstić information content (AvgIpc) is 2.31. The zero-order valence-corrected chi connectivity index (χ0v) is 11.5. The number of methoxy groups -OCH3 is 1. The molecule has 0 aliphatic heterocycles. The Balaban J connectivity index is 2.12. The Hall–Kier alpha value is -1.32. The van der Waals surface area contributed by atoms with Crippen molar-refractivity contribution in [1.82, 2.24) is 9.55 Å². The fraction of sp³-hybridized carbons (Fsp3) is 0.714. The van der Waals surface area contributed by atoms with E-state index in [9.17, 15) is 4.79 Å². The summed E-state index contributed by atoms with van der Waals surface area (Å²) in [6.45, 7) is 5.38. The molecule has 4 heteroatoms. The van der Waals surface area contributed by atoms with E-state index in [-0.39, 0.29) is 5.56 Å². The molecule has 0 radical (unpaired) electrons. The van der Waals surface area contributed by atoms with Gasteiger partial charge in [-0.05, 0) is 30.6 Å². The van der Waals surface area contributed by atoms with Gasteiger partial charge in [-0.2, -0.15) is 0 Å². The molecular formula is C14H22N2O2. The summed E-state index contributed by atoms with van der Waals surface area (Å²) in [4.78, 5) is 16.1. The quantitative estimate of drug-likeness (QED) is 0.827. The normalized spacial score (nSPS) is 22.7. The van der Waals surface area contributed by atoms with Crippen molar-refractivity contribution in [1.29, 1.82) is 0 Å². The number of hydrogen-bond donors (Lipinski definition) is 0. The summed E-state index contributed by atoms with van der Waals surface area (Å²) in [6, 6.07) is 0. The molecule has 0 spiro atoms. The van der Waals surface area contributed by atoms with E-state index in [1.807, 2.05) is 0 Å². The Morgan fingerprint density at radius 2 is 2.33 bits per heavy atom. The van der Waals surface area contributed by atoms with Gasteiger partial charge in [0.15, 0.2) is 0 Å². The van der Waals surface area contributed by atoms with Crippen molar-refractivity contribution in [2.45, 2.75) is 46.1 Å². The van der Waals surface area contributed by atoms with E-state index in [0.29, 0.717) is 17.1 Å². The monoisotopic (exact) mass is 250 g/mol. The van der Waals surface area contributed by atoms with E-state index in [0.717, 1.165) is 6.54 Å². The molecule has 100 valence electrons. The maximum atomic E-state index is 12.0. The fourth-order valence-corrected chi connectivity index (χ4v) is 2.99. The number of ether oxygens (including phenoxy) is 1. The van der Waals surface area contributed by atoms with E-state index in [4.69, 9.17) is 4.74 Å². The van der Waals surface area contributed by atoms with Crippen LogP contribution >= 0.6 is 0 Å². The van der Waals surface area contributed by atoms with Crippen LogP contribution in [0.5, 0.6) is 5.75 Å². The third-order valence-corrected chi connectivity index (χ3v) is 3.85. The molecule has 18 heavy (non-hydrogen) atoms. The van der Waals surface area contributed by atoms with Crippen molar-refractivity contribution in [3.05, 3.63) is 22.9 Å². The molecule has 1 aliphatic carbocycles. The predicted molar refractivity (Wildman–Crippen MR) is 70.8 cm³/mol. The maximum Gasteiger partial charge on any atom is 0.295 e. The summed E-state index contributed by atoms with van der Waals surface area (Å²) >= 11 is 0. The van der Waals surface area contributed by atoms with Gasteiger partial charge in [-0.3, -0.25) is 9.36 Å². The van der Waals surface area contributed by atoms with Crippen molar-refractivity contribution >= 4 is 0 Å². The van der Waals surface area contributed by atoms with Crippen molar-refractivity contribution in [3.63, 3.8) is 0 Å². The molecule has 1 aromatic rings. The Kier molecular flexibility index (Phi) is 3.73. The molecule has 1 heterocycles. The Labute approximate surface area is 108 Å². The Bertz CT molecular complexity index is 465. The van der Waals surface area contributed by atoms with Gasteiger partial charge in [-0.25, -0.2) is 4.98 Å². The van der Waals surface area contributed by atoms with Crippen LogP contribution in [0, 0.1) is 11.3 Å². The topological polar surface area (TPSA) is 44.1 Å². The van der Waals surface area contributed by atoms with Crippen molar-refractivity contribution < 1.29 is 4.74 Å². The molecule has 1 atom stereocenters. The van der Waals surface area contributed by atoms with Gasteiger partial charge >= 0.3 is 0 Å². The highest BCUT2D eigenvalue weighted by atomic mass is 16.5. The molecule has 1 aromatic heterocycles. The van der Waals surface area contributed by atoms with E-state index < -0.39 is 0 Å². The van der Waals surface area contributed by atoms with E-state index in [1.54, 1.807) is 10.9 Å². The van der Waals surface area contributed by atoms with Gasteiger partial charge in [-0.15, -0.1) is 0 Å². The number of aromatic nitrogens is 2. The first kappa shape index (κ1) is 13.1. The lowest BCUT2D eigenvalue weighted by Crippen LogP contribution is -2.30. The van der Waals surface area contributed by atoms with Gasteiger partial charge in [0.05, 0.1) is 19.6 Å². The summed E-state index contributed by atoms with van der Waals surface area (Å²) in [5.41, 5.74) is 0.328. The first-order valence-corrected chi connectivity index (χ1v) is 6.60. The second-order valence-electron chi connectivity index (χ2n) is 6.05. The number of nitrogens with zero attached hydrogens (tertiary/aromatic N) is 2. The van der Waals surface area contributed by atoms with Crippen LogP contribution in [0.1, 0.15) is 39.5 Å². The van der Waals surface area contributed by atoms with Crippen molar-refractivity contribution in [3.8, 4) is 5.75 Å². The molecule has 0 saturated heterocycles. The van der Waals surface area contributed by atoms with Crippen LogP contribution < -0.4 is 10.3 Å². The average molecular weight is 250 g/mol. The summed E-state index contributed by atoms with van der Waals surface area (Å²) in [6.07, 6.45) is 8.01. The molecule has 2 rings (SSSR count). The molecule has 0 amide bonds. The van der Waals surface area contributed by atoms with Crippen molar-refractivity contribution in [2.75, 3.05) is 7.11 Å². The van der Waals surface area contributed by atoms with Crippen LogP contribution in [0.25, 0.3) is 0 Å². The molecular weight excluding hydrogens is 228 g/mol. The highest BCUT2D eigenvalue weighted by Crippen LogP contribution is 2.38. The minimum atomic E-state index is -0.0733. The van der Waals surface area contributed by atoms with Gasteiger partial charge in [0, 0.05) is 6.54 Å². The summed E-state index contributed by atoms with van der Waals surface area (Å²) < 4.78 is 6.71. The lowest BCUT2D eigenvalue weighted by molar-refractivity contribution is 0.165. The standard InChI is InChI=1S/C14H22N2O2/c1-14(2)6-4-5-11(7-14)9-16-10-15-8-12(18-3)13(16)17/h8,10-11H,4-7,9H2,1-3H3. The minimum Gasteiger partial charge on any atom is -0.490 e. The predicted octanol–water partition coefficient (Wildman–Crippen LogP) is 2.47. The number of hydrogen-bond acceptors (Lipinski definition) is 3. The Morgan fingerprint density at radius 3 is 3.00 bits per heavy atom. The maximum absolute atomic E-state index is 12.0. The highest BCUT2D eigenvalue weighted by Gasteiger charge is 2.28. The minimum absolute atomic E-state index is 0.0733. The molecule has 1 fully saturated rings. The zero-order chi connectivity index (χ0) is 13.2. The van der Waals surface area contributed by atoms with Crippen molar-refractivity contribution in [2.24, 2.45) is 11.3 Å². The fourth-order valence-electron chi connectivity index (χ4n) is 2.99. The summed E-state index contributed by atoms with van der Waals surface area (Å²) in [5, 5.41) is 0. The highest BCUT2D eigenvalue weighted by molar-refractivity contribution is 5.11. The third kappa shape index (κ3) is 2.92. The molecule has 1 saturated carbocycles. The van der Waals surface area contributed by atoms with Gasteiger partial charge in [0.1, 0.15) is 0 Å². The van der Waals surface area contributed by atoms with Crippen LogP contribution in [-0.2, 0) is 6.54 Å². The molecule has 0 bridgehead atoms. The summed E-state index contributed by atoms with van der Waals surface area (Å²) in [7, 11) is 1.51. The Morgan fingerprint density at radius 1 is 1.56 bits per heavy atom. The first-order valence-electron chi connectivity index (χ1n) is 6.60. The van der Waals surface area contributed by atoms with Gasteiger partial charge < -0.3 is 4.74 Å². The third-order valence-electron chi connectivity index (χ3n) is 3.85. The zero-order valence-electron chi connectivity index (χ0n) is 11.5. The van der Waals surface area contributed by atoms with E-state index >= 15 is 0 Å². The SMILES string of the molecule is COc1cncn(CC2CCCC(C)(C)C2)c1=O. The largest absolute Gasteiger partial charge is 0.490 e. The molecule has 1 aliphatic rings. The van der Waals surface area contributed by atoms with Crippen LogP contribution in [0.15, 0.2) is 17.3 Å². The van der Waals surface area contributed by atoms with Crippen LogP contribution in [0.2, 0.25) is 0 Å². The summed E-state index contributed by atoms with van der Waals surface area (Å²) in [5.74, 6) is 0.896. The van der Waals surface area contributed by atoms with Gasteiger partial charge in [0.25, 0.3) is 5.56 Å². The van der Waals surface area contributed by atoms with E-state index in [2.05, 4.69) is 18.8 Å². The lowest BCUT2D eigenvalue weighted by Gasteiger charge is -2.35. The van der Waals surface area contributed by atoms with E-state index in [1.165, 1.54) is 39.0 Å². The van der Waals surface area contributed by atoms with Crippen LogP contribution in [-0.4, -0.2) is 16.7 Å². The van der Waals surface area contributed by atoms with Gasteiger partial charge in [-0.1, -0.05) is 20.3 Å². The van der Waals surface area contributed by atoms with Gasteiger partial charge in [0.2, 0.25) is 5.75 Å². The second-order valence-corrected chi connectivity index (χ2v) is 6.05. The molecule has 0 aromatic carbocycles. The molecule has 1 unspecified atom stereocenters. The molecule has 4 nitrogen and oxygen atoms in total. The first-order chi connectivity index (χ1) is 8.52. The smallest absolute Gasteiger partial charge is 0.295 e.